The van der Waals surface area contributed by atoms with Gasteiger partial charge in [0.15, 0.2) is 0 Å². The Bertz CT molecular complexity index is 1170. The molecule has 0 radical (unpaired) electrons. The summed E-state index contributed by atoms with van der Waals surface area (Å²) < 4.78 is 19.7. The van der Waals surface area contributed by atoms with Crippen molar-refractivity contribution in [3.8, 4) is 0 Å². The van der Waals surface area contributed by atoms with Crippen molar-refractivity contribution >= 4 is 5.96 Å². The summed E-state index contributed by atoms with van der Waals surface area (Å²) in [4.78, 5) is 3.89. The van der Waals surface area contributed by atoms with Crippen molar-refractivity contribution in [2.24, 2.45) is 46.3 Å². The van der Waals surface area contributed by atoms with Crippen molar-refractivity contribution < 1.29 is 14.2 Å². The minimum atomic E-state index is -0.226. The van der Waals surface area contributed by atoms with Crippen LogP contribution in [0.2, 0.25) is 0 Å². The molecule has 51 heavy (non-hydrogen) atoms. The summed E-state index contributed by atoms with van der Waals surface area (Å²) in [5.74, 6) is 5.70. The van der Waals surface area contributed by atoms with Gasteiger partial charge in [0.25, 0.3) is 0 Å². The van der Waals surface area contributed by atoms with Gasteiger partial charge >= 0.3 is 0 Å². The molecule has 10 atom stereocenters. The molecular formula is C45H80N3O3-. The average molecular weight is 711 g/mol. The normalized spacial score (nSPS) is 35.2. The molecule has 0 aromatic carbocycles. The van der Waals surface area contributed by atoms with Crippen LogP contribution < -0.4 is 0 Å². The highest BCUT2D eigenvalue weighted by atomic mass is 16.5. The van der Waals surface area contributed by atoms with E-state index in [1.807, 2.05) is 16.8 Å². The van der Waals surface area contributed by atoms with Gasteiger partial charge in [-0.2, -0.15) is 0 Å². The zero-order chi connectivity index (χ0) is 37.0. The molecule has 294 valence electrons. The van der Waals surface area contributed by atoms with Crippen LogP contribution in [-0.2, 0) is 14.2 Å². The number of nitrogens with zero attached hydrogens (tertiary/aromatic N) is 3. The van der Waals surface area contributed by atoms with E-state index in [9.17, 15) is 5.41 Å². The van der Waals surface area contributed by atoms with E-state index >= 15 is 0 Å². The van der Waals surface area contributed by atoms with Crippen molar-refractivity contribution in [2.75, 3.05) is 46.5 Å². The van der Waals surface area contributed by atoms with Crippen molar-refractivity contribution in [3.05, 3.63) is 17.1 Å². The molecule has 0 aromatic heterocycles. The Labute approximate surface area is 315 Å². The van der Waals surface area contributed by atoms with Gasteiger partial charge in [0.1, 0.15) is 0 Å². The lowest BCUT2D eigenvalue weighted by Gasteiger charge is -2.58. The molecule has 0 spiro atoms. The Morgan fingerprint density at radius 2 is 1.59 bits per heavy atom. The molecule has 0 bridgehead atoms. The second-order valence-corrected chi connectivity index (χ2v) is 19.5. The van der Waals surface area contributed by atoms with E-state index in [1.165, 1.54) is 64.2 Å². The monoisotopic (exact) mass is 711 g/mol. The maximum atomic E-state index is 10.2. The van der Waals surface area contributed by atoms with Gasteiger partial charge in [-0.1, -0.05) is 79.4 Å². The highest BCUT2D eigenvalue weighted by molar-refractivity contribution is 5.84. The first kappa shape index (κ1) is 41.1. The molecule has 5 aliphatic rings. The van der Waals surface area contributed by atoms with Crippen molar-refractivity contribution in [1.82, 2.24) is 9.80 Å². The molecule has 6 nitrogen and oxygen atoms in total. The van der Waals surface area contributed by atoms with Gasteiger partial charge in [-0.3, -0.25) is 0 Å². The number of likely N-dealkylation sites (N-methyl/N-ethyl adjacent to an activating group) is 1. The molecule has 8 unspecified atom stereocenters. The van der Waals surface area contributed by atoms with Crippen LogP contribution in [0.5, 0.6) is 0 Å². The van der Waals surface area contributed by atoms with Crippen LogP contribution in [-0.4, -0.2) is 79.6 Å². The second-order valence-electron chi connectivity index (χ2n) is 19.5. The van der Waals surface area contributed by atoms with Gasteiger partial charge in [-0.15, -0.1) is 0 Å². The Kier molecular flexibility index (Phi) is 13.8. The molecular weight excluding hydrogens is 631 g/mol. The van der Waals surface area contributed by atoms with E-state index in [0.717, 1.165) is 87.3 Å². The maximum absolute atomic E-state index is 10.2. The molecule has 0 amide bonds. The number of allylic oxidation sites excluding steroid dienone is 1. The fraction of sp³-hybridized carbons (Fsp3) is 0.933. The summed E-state index contributed by atoms with van der Waals surface area (Å²) in [6, 6.07) is 0. The molecule has 4 aliphatic carbocycles. The zero-order valence-electron chi connectivity index (χ0n) is 35.0. The Balaban J connectivity index is 1.06. The quantitative estimate of drug-likeness (QED) is 0.125. The molecule has 5 rings (SSSR count). The smallest absolute Gasteiger partial charge is 0.0674 e. The van der Waals surface area contributed by atoms with Crippen LogP contribution in [0.4, 0.5) is 0 Å². The van der Waals surface area contributed by atoms with E-state index in [1.54, 1.807) is 5.57 Å². The number of fused-ring (bicyclic) bond motifs is 5. The molecule has 1 heterocycles. The van der Waals surface area contributed by atoms with Gasteiger partial charge in [0.05, 0.1) is 30.5 Å². The summed E-state index contributed by atoms with van der Waals surface area (Å²) in [7, 11) is 1.93. The summed E-state index contributed by atoms with van der Waals surface area (Å²) >= 11 is 0. The molecule has 1 saturated heterocycles. The van der Waals surface area contributed by atoms with Gasteiger partial charge in [-0.25, -0.2) is 0 Å². The van der Waals surface area contributed by atoms with Crippen molar-refractivity contribution in [2.45, 2.75) is 176 Å². The van der Waals surface area contributed by atoms with Crippen LogP contribution in [0.25, 0.3) is 5.41 Å². The molecule has 6 heteroatoms. The zero-order valence-corrected chi connectivity index (χ0v) is 35.0. The third kappa shape index (κ3) is 9.23. The van der Waals surface area contributed by atoms with Crippen LogP contribution in [0.1, 0.15) is 159 Å². The number of ether oxygens (including phenoxy) is 3. The third-order valence-electron chi connectivity index (χ3n) is 16.0. The van der Waals surface area contributed by atoms with Gasteiger partial charge in [0.2, 0.25) is 0 Å². The number of hydrogen-bond donors (Lipinski definition) is 0. The topological polar surface area (TPSA) is 56.5 Å². The lowest BCUT2D eigenvalue weighted by atomic mass is 9.47. The maximum Gasteiger partial charge on any atom is 0.0674 e. The second kappa shape index (κ2) is 17.1. The Morgan fingerprint density at radius 1 is 0.882 bits per heavy atom. The molecule has 1 aliphatic heterocycles. The highest BCUT2D eigenvalue weighted by Crippen LogP contribution is 2.67. The molecule has 4 fully saturated rings. The summed E-state index contributed by atoms with van der Waals surface area (Å²) in [6.07, 6.45) is 21.8. The predicted molar refractivity (Wildman–Crippen MR) is 214 cm³/mol. The van der Waals surface area contributed by atoms with Crippen LogP contribution >= 0.6 is 0 Å². The minimum absolute atomic E-state index is 0.185. The van der Waals surface area contributed by atoms with E-state index < -0.39 is 0 Å². The fourth-order valence-corrected chi connectivity index (χ4v) is 11.8. The number of rotatable bonds is 19. The Morgan fingerprint density at radius 3 is 2.25 bits per heavy atom. The molecule has 3 saturated carbocycles. The third-order valence-corrected chi connectivity index (χ3v) is 16.0. The van der Waals surface area contributed by atoms with Crippen LogP contribution in [0.3, 0.4) is 0 Å². The van der Waals surface area contributed by atoms with Crippen LogP contribution in [0.15, 0.2) is 11.6 Å². The summed E-state index contributed by atoms with van der Waals surface area (Å²) in [6.45, 7) is 26.2. The van der Waals surface area contributed by atoms with Gasteiger partial charge < -0.3 is 29.4 Å². The first-order chi connectivity index (χ1) is 24.2. The number of hydrogen-bond acceptors (Lipinski definition) is 3. The standard InChI is InChI=1S/C45H80N3O3/c1-11-42(6,50-30-25-43(7,12-2)51-31-28-48-27-26-47(10)41(48)46)24-29-49-36-20-22-44(8)35(32-36)16-17-37-39-19-18-38(34(5)15-13-14-33(3)4)45(39,9)23-21-40(37)44/h16,33-34,36-40H,11-15,17-32H2,1-10H3/q-1/t34?,36?,37?,38?,39?,40?,42?,43?,44-,45+/m0/s1. The van der Waals surface area contributed by atoms with E-state index in [2.05, 4.69) is 68.4 Å². The lowest BCUT2D eigenvalue weighted by molar-refractivity contribution is -0.103. The first-order valence-corrected chi connectivity index (χ1v) is 21.8. The van der Waals surface area contributed by atoms with Crippen LogP contribution in [0, 0.1) is 46.3 Å². The van der Waals surface area contributed by atoms with E-state index in [0.29, 0.717) is 42.7 Å². The van der Waals surface area contributed by atoms with Crippen molar-refractivity contribution in [3.63, 3.8) is 0 Å². The van der Waals surface area contributed by atoms with E-state index in [-0.39, 0.29) is 11.2 Å². The molecule has 0 N–H and O–H groups in total. The fourth-order valence-electron chi connectivity index (χ4n) is 11.8. The average Bonchev–Trinajstić information content (AvgIpc) is 3.62. The summed E-state index contributed by atoms with van der Waals surface area (Å²) in [5, 5.41) is 10.2. The summed E-state index contributed by atoms with van der Waals surface area (Å²) in [5.41, 5.74) is 2.26. The largest absolute Gasteiger partial charge is 0.429 e. The first-order valence-electron chi connectivity index (χ1n) is 21.8. The van der Waals surface area contributed by atoms with Gasteiger partial charge in [0, 0.05) is 12.6 Å². The SMILES string of the molecule is CCC(C)(CCOC1CC[C@@]2(C)C(=CCC3C4CCC(C(C)CCCC(C)C)[C@@]4(C)CCC32)C1)OCCC(C)(CC)OCCN1CCN(C)C1=[N-]. The van der Waals surface area contributed by atoms with Crippen molar-refractivity contribution in [1.29, 1.82) is 0 Å². The minimum Gasteiger partial charge on any atom is -0.429 e. The van der Waals surface area contributed by atoms with Gasteiger partial charge in [-0.05, 0) is 164 Å². The Hall–Kier alpha value is -1.11. The number of guanidine groups is 1. The predicted octanol–water partition coefficient (Wildman–Crippen LogP) is 10.7. The lowest BCUT2D eigenvalue weighted by Crippen LogP contribution is -2.51. The van der Waals surface area contributed by atoms with E-state index in [4.69, 9.17) is 14.2 Å². The highest BCUT2D eigenvalue weighted by Gasteiger charge is 2.59. The molecule has 0 aromatic rings.